The summed E-state index contributed by atoms with van der Waals surface area (Å²) in [5.74, 6) is -0.111. The second-order valence-corrected chi connectivity index (χ2v) is 6.46. The topological polar surface area (TPSA) is 46.6 Å². The van der Waals surface area contributed by atoms with Gasteiger partial charge in [-0.15, -0.1) is 0 Å². The SMILES string of the molecule is COc1ccccc1C1=C(Cl)C(=O)N(c2ccc(C(C)C)cc2)C1=O. The lowest BCUT2D eigenvalue weighted by atomic mass is 10.0. The lowest BCUT2D eigenvalue weighted by Gasteiger charge is -2.16. The molecule has 0 radical (unpaired) electrons. The summed E-state index contributed by atoms with van der Waals surface area (Å²) in [7, 11) is 1.51. The number of anilines is 1. The highest BCUT2D eigenvalue weighted by Gasteiger charge is 2.40. The first-order valence-electron chi connectivity index (χ1n) is 7.97. The molecule has 1 aliphatic rings. The molecule has 0 fully saturated rings. The summed E-state index contributed by atoms with van der Waals surface area (Å²) in [5.41, 5.74) is 2.31. The fraction of sp³-hybridized carbons (Fsp3) is 0.200. The molecule has 2 aromatic carbocycles. The van der Waals surface area contributed by atoms with Gasteiger partial charge in [-0.3, -0.25) is 9.59 Å². The number of para-hydroxylation sites is 1. The number of methoxy groups -OCH3 is 1. The second kappa shape index (κ2) is 6.73. The number of hydrogen-bond donors (Lipinski definition) is 0. The van der Waals surface area contributed by atoms with Crippen LogP contribution in [0.5, 0.6) is 5.75 Å². The van der Waals surface area contributed by atoms with Crippen LogP contribution in [0.1, 0.15) is 30.9 Å². The molecule has 128 valence electrons. The third-order valence-corrected chi connectivity index (χ3v) is 4.57. The first-order chi connectivity index (χ1) is 12.0. The largest absolute Gasteiger partial charge is 0.496 e. The predicted molar refractivity (Wildman–Crippen MR) is 98.8 cm³/mol. The molecule has 0 bridgehead atoms. The van der Waals surface area contributed by atoms with Crippen LogP contribution >= 0.6 is 11.6 Å². The predicted octanol–water partition coefficient (Wildman–Crippen LogP) is 4.34. The molecule has 2 aromatic rings. The standard InChI is InChI=1S/C20H18ClNO3/c1-12(2)13-8-10-14(11-9-13)22-19(23)17(18(21)20(22)24)15-6-4-5-7-16(15)25-3/h4-12H,1-3H3. The minimum absolute atomic E-state index is 0.0950. The van der Waals surface area contributed by atoms with Crippen molar-refractivity contribution in [3.05, 3.63) is 64.7 Å². The Labute approximate surface area is 151 Å². The Morgan fingerprint density at radius 1 is 0.960 bits per heavy atom. The number of halogens is 1. The molecule has 5 heteroatoms. The van der Waals surface area contributed by atoms with E-state index in [0.29, 0.717) is 22.9 Å². The van der Waals surface area contributed by atoms with E-state index < -0.39 is 11.8 Å². The molecular weight excluding hydrogens is 338 g/mol. The zero-order chi connectivity index (χ0) is 18.1. The van der Waals surface area contributed by atoms with Crippen molar-refractivity contribution in [2.75, 3.05) is 12.0 Å². The molecule has 3 rings (SSSR count). The smallest absolute Gasteiger partial charge is 0.277 e. The van der Waals surface area contributed by atoms with Crippen LogP contribution in [0.15, 0.2) is 53.6 Å². The molecule has 0 aliphatic carbocycles. The van der Waals surface area contributed by atoms with E-state index in [4.69, 9.17) is 16.3 Å². The number of carbonyl (C=O) groups is 2. The maximum Gasteiger partial charge on any atom is 0.277 e. The number of rotatable bonds is 4. The number of ether oxygens (including phenoxy) is 1. The lowest BCUT2D eigenvalue weighted by molar-refractivity contribution is -0.119. The van der Waals surface area contributed by atoms with Crippen LogP contribution in [-0.4, -0.2) is 18.9 Å². The number of hydrogen-bond acceptors (Lipinski definition) is 3. The molecule has 1 heterocycles. The first kappa shape index (κ1) is 17.2. The quantitative estimate of drug-likeness (QED) is 0.766. The highest BCUT2D eigenvalue weighted by atomic mass is 35.5. The maximum atomic E-state index is 12.9. The van der Waals surface area contributed by atoms with Gasteiger partial charge in [0.2, 0.25) is 0 Å². The van der Waals surface area contributed by atoms with Crippen LogP contribution < -0.4 is 9.64 Å². The van der Waals surface area contributed by atoms with Gasteiger partial charge in [-0.05, 0) is 29.7 Å². The zero-order valence-corrected chi connectivity index (χ0v) is 15.0. The Bertz CT molecular complexity index is 869. The Kier molecular flexibility index (Phi) is 4.64. The van der Waals surface area contributed by atoms with Crippen molar-refractivity contribution in [1.82, 2.24) is 0 Å². The molecule has 0 saturated carbocycles. The summed E-state index contributed by atoms with van der Waals surface area (Å²) < 4.78 is 5.30. The normalized spacial score (nSPS) is 14.7. The molecule has 4 nitrogen and oxygen atoms in total. The highest BCUT2D eigenvalue weighted by molar-refractivity contribution is 6.60. The van der Waals surface area contributed by atoms with E-state index in [9.17, 15) is 9.59 Å². The molecule has 25 heavy (non-hydrogen) atoms. The van der Waals surface area contributed by atoms with Gasteiger partial charge in [0.05, 0.1) is 18.4 Å². The monoisotopic (exact) mass is 355 g/mol. The molecule has 1 aliphatic heterocycles. The van der Waals surface area contributed by atoms with E-state index in [1.54, 1.807) is 36.4 Å². The van der Waals surface area contributed by atoms with E-state index in [2.05, 4.69) is 13.8 Å². The van der Waals surface area contributed by atoms with Crippen molar-refractivity contribution in [2.45, 2.75) is 19.8 Å². The van der Waals surface area contributed by atoms with Gasteiger partial charge in [-0.25, -0.2) is 4.90 Å². The van der Waals surface area contributed by atoms with E-state index >= 15 is 0 Å². The minimum Gasteiger partial charge on any atom is -0.496 e. The molecule has 0 spiro atoms. The minimum atomic E-state index is -0.523. The summed E-state index contributed by atoms with van der Waals surface area (Å²) in [6, 6.07) is 14.4. The van der Waals surface area contributed by atoms with Gasteiger partial charge in [-0.1, -0.05) is 55.8 Å². The van der Waals surface area contributed by atoms with Crippen LogP contribution in [0.4, 0.5) is 5.69 Å². The highest BCUT2D eigenvalue weighted by Crippen LogP contribution is 2.38. The van der Waals surface area contributed by atoms with Crippen molar-refractivity contribution in [2.24, 2.45) is 0 Å². The van der Waals surface area contributed by atoms with Crippen LogP contribution in [-0.2, 0) is 9.59 Å². The fourth-order valence-electron chi connectivity index (χ4n) is 2.83. The summed E-state index contributed by atoms with van der Waals surface area (Å²) in [6.07, 6.45) is 0. The van der Waals surface area contributed by atoms with Gasteiger partial charge in [0, 0.05) is 5.56 Å². The third kappa shape index (κ3) is 2.94. The molecule has 0 saturated heterocycles. The van der Waals surface area contributed by atoms with Crippen molar-refractivity contribution in [3.63, 3.8) is 0 Å². The number of benzene rings is 2. The van der Waals surface area contributed by atoms with Gasteiger partial charge in [0.15, 0.2) is 0 Å². The molecule has 0 aromatic heterocycles. The van der Waals surface area contributed by atoms with Gasteiger partial charge in [0.25, 0.3) is 11.8 Å². The Morgan fingerprint density at radius 2 is 1.60 bits per heavy atom. The number of amides is 2. The van der Waals surface area contributed by atoms with Gasteiger partial charge < -0.3 is 4.74 Å². The molecule has 0 N–H and O–H groups in total. The first-order valence-corrected chi connectivity index (χ1v) is 8.35. The van der Waals surface area contributed by atoms with Crippen molar-refractivity contribution >= 4 is 34.7 Å². The lowest BCUT2D eigenvalue weighted by Crippen LogP contribution is -2.31. The van der Waals surface area contributed by atoms with E-state index in [-0.39, 0.29) is 10.6 Å². The van der Waals surface area contributed by atoms with E-state index in [1.807, 2.05) is 12.1 Å². The number of carbonyl (C=O) groups excluding carboxylic acids is 2. The molecular formula is C20H18ClNO3. The van der Waals surface area contributed by atoms with E-state index in [1.165, 1.54) is 7.11 Å². The van der Waals surface area contributed by atoms with Gasteiger partial charge >= 0.3 is 0 Å². The van der Waals surface area contributed by atoms with Crippen LogP contribution in [0, 0.1) is 0 Å². The average molecular weight is 356 g/mol. The summed E-state index contributed by atoms with van der Waals surface area (Å²) in [4.78, 5) is 26.6. The fourth-order valence-corrected chi connectivity index (χ4v) is 3.10. The van der Waals surface area contributed by atoms with Crippen molar-refractivity contribution in [1.29, 1.82) is 0 Å². The Hall–Kier alpha value is -2.59. The van der Waals surface area contributed by atoms with Gasteiger partial charge in [-0.2, -0.15) is 0 Å². The van der Waals surface area contributed by atoms with E-state index in [0.717, 1.165) is 10.5 Å². The third-order valence-electron chi connectivity index (χ3n) is 4.22. The summed E-state index contributed by atoms with van der Waals surface area (Å²) in [5, 5.41) is -0.0950. The second-order valence-electron chi connectivity index (χ2n) is 6.08. The number of nitrogens with zero attached hydrogens (tertiary/aromatic N) is 1. The van der Waals surface area contributed by atoms with Crippen LogP contribution in [0.3, 0.4) is 0 Å². The Morgan fingerprint density at radius 3 is 2.20 bits per heavy atom. The summed E-state index contributed by atoms with van der Waals surface area (Å²) >= 11 is 6.23. The molecule has 2 amide bonds. The van der Waals surface area contributed by atoms with Crippen molar-refractivity contribution < 1.29 is 14.3 Å². The molecule has 0 atom stereocenters. The maximum absolute atomic E-state index is 12.9. The summed E-state index contributed by atoms with van der Waals surface area (Å²) in [6.45, 7) is 4.17. The Balaban J connectivity index is 2.02. The van der Waals surface area contributed by atoms with Crippen LogP contribution in [0.25, 0.3) is 5.57 Å². The van der Waals surface area contributed by atoms with Crippen molar-refractivity contribution in [3.8, 4) is 5.75 Å². The molecule has 0 unspecified atom stereocenters. The average Bonchev–Trinajstić information content (AvgIpc) is 2.84. The van der Waals surface area contributed by atoms with Gasteiger partial charge in [0.1, 0.15) is 10.8 Å². The van der Waals surface area contributed by atoms with Crippen LogP contribution in [0.2, 0.25) is 0 Å². The number of imide groups is 1. The zero-order valence-electron chi connectivity index (χ0n) is 14.2.